The summed E-state index contributed by atoms with van der Waals surface area (Å²) in [5, 5.41) is 2.95. The molecular weight excluding hydrogens is 452 g/mol. The molecule has 5 heteroatoms. The molecule has 3 aromatic rings. The van der Waals surface area contributed by atoms with E-state index in [1.807, 2.05) is 24.3 Å². The van der Waals surface area contributed by atoms with Crippen LogP contribution in [0.15, 0.2) is 58.9 Å². The van der Waals surface area contributed by atoms with Crippen LogP contribution in [0.25, 0.3) is 11.3 Å². The molecule has 0 bridgehead atoms. The molecule has 0 atom stereocenters. The lowest BCUT2D eigenvalue weighted by Gasteiger charge is -2.22. The molecule has 0 spiro atoms. The average Bonchev–Trinajstić information content (AvgIpc) is 3.13. The summed E-state index contributed by atoms with van der Waals surface area (Å²) in [6.45, 7) is 3.07. The second-order valence-electron chi connectivity index (χ2n) is 7.19. The molecule has 1 saturated carbocycles. The molecule has 1 aliphatic carbocycles. The summed E-state index contributed by atoms with van der Waals surface area (Å²) < 4.78 is 2.29. The summed E-state index contributed by atoms with van der Waals surface area (Å²) in [4.78, 5) is 5.83. The van der Waals surface area contributed by atoms with Crippen molar-refractivity contribution in [1.29, 1.82) is 0 Å². The summed E-state index contributed by atoms with van der Waals surface area (Å²) in [7, 11) is 0. The van der Waals surface area contributed by atoms with Gasteiger partial charge < -0.3 is 4.57 Å². The van der Waals surface area contributed by atoms with Crippen molar-refractivity contribution in [3.8, 4) is 11.3 Å². The summed E-state index contributed by atoms with van der Waals surface area (Å²) in [5.41, 5.74) is 4.95. The van der Waals surface area contributed by atoms with Gasteiger partial charge in [0.15, 0.2) is 4.80 Å². The zero-order valence-corrected chi connectivity index (χ0v) is 19.4. The van der Waals surface area contributed by atoms with Gasteiger partial charge in [-0.1, -0.05) is 55.1 Å². The maximum atomic E-state index is 5.98. The number of nitrogens with zero attached hydrogens (tertiary/aromatic N) is 2. The Hall–Kier alpha value is -1.36. The Balaban J connectivity index is 0.00000225. The first-order chi connectivity index (χ1) is 13.2. The molecule has 0 amide bonds. The van der Waals surface area contributed by atoms with Crippen LogP contribution in [-0.2, 0) is 6.54 Å². The van der Waals surface area contributed by atoms with E-state index in [1.165, 1.54) is 48.9 Å². The molecule has 0 unspecified atom stereocenters. The van der Waals surface area contributed by atoms with Crippen LogP contribution in [0.3, 0.4) is 0 Å². The first-order valence-corrected chi connectivity index (χ1v) is 11.1. The van der Waals surface area contributed by atoms with Crippen LogP contribution in [0.2, 0.25) is 5.02 Å². The van der Waals surface area contributed by atoms with Crippen molar-refractivity contribution in [2.45, 2.75) is 51.5 Å². The second kappa shape index (κ2) is 9.91. The Labute approximate surface area is 186 Å². The van der Waals surface area contributed by atoms with Gasteiger partial charge in [-0.05, 0) is 61.1 Å². The van der Waals surface area contributed by atoms with Crippen LogP contribution in [0, 0.1) is 0 Å². The maximum Gasteiger partial charge on any atom is 0.190 e. The largest absolute Gasteiger partial charge is 0.317 e. The third-order valence-corrected chi connectivity index (χ3v) is 6.56. The van der Waals surface area contributed by atoms with E-state index in [1.54, 1.807) is 11.3 Å². The number of thiazole rings is 1. The van der Waals surface area contributed by atoms with E-state index in [9.17, 15) is 0 Å². The molecule has 0 aliphatic heterocycles. The van der Waals surface area contributed by atoms with Gasteiger partial charge in [0.2, 0.25) is 0 Å². The standard InChI is InChI=1S/C23H25ClN2S.BrH/c1-2-26-22(16-27-23(26)25-21-14-12-20(24)13-15-21)19-10-8-18(9-11-19)17-6-4-3-5-7-17;/h8-17H,2-7H2,1H3;1H. The third-order valence-electron chi connectivity index (χ3n) is 5.45. The van der Waals surface area contributed by atoms with Gasteiger partial charge in [-0.2, -0.15) is 0 Å². The summed E-state index contributed by atoms with van der Waals surface area (Å²) in [6, 6.07) is 16.9. The van der Waals surface area contributed by atoms with Crippen LogP contribution < -0.4 is 4.80 Å². The molecule has 1 fully saturated rings. The van der Waals surface area contributed by atoms with Gasteiger partial charge in [-0.25, -0.2) is 4.99 Å². The van der Waals surface area contributed by atoms with Gasteiger partial charge in [-0.3, -0.25) is 0 Å². The zero-order chi connectivity index (χ0) is 18.6. The lowest BCUT2D eigenvalue weighted by Crippen LogP contribution is -2.14. The second-order valence-corrected chi connectivity index (χ2v) is 8.47. The van der Waals surface area contributed by atoms with Crippen LogP contribution in [0.1, 0.15) is 50.5 Å². The van der Waals surface area contributed by atoms with E-state index in [-0.39, 0.29) is 17.0 Å². The van der Waals surface area contributed by atoms with Crippen LogP contribution in [0.5, 0.6) is 0 Å². The van der Waals surface area contributed by atoms with Gasteiger partial charge in [0.1, 0.15) is 0 Å². The Morgan fingerprint density at radius 2 is 1.68 bits per heavy atom. The molecule has 0 radical (unpaired) electrons. The van der Waals surface area contributed by atoms with Crippen molar-refractivity contribution in [1.82, 2.24) is 4.57 Å². The minimum atomic E-state index is 0. The van der Waals surface area contributed by atoms with Crippen molar-refractivity contribution in [2.75, 3.05) is 0 Å². The SMILES string of the molecule is Br.CCn1c(-c2ccc(C3CCCCC3)cc2)csc1=Nc1ccc(Cl)cc1. The predicted octanol–water partition coefficient (Wildman–Crippen LogP) is 7.75. The fraction of sp³-hybridized carbons (Fsp3) is 0.348. The number of benzene rings is 2. The Bertz CT molecular complexity index is 952. The Kier molecular flexibility index (Phi) is 7.55. The third kappa shape index (κ3) is 4.79. The topological polar surface area (TPSA) is 17.3 Å². The van der Waals surface area contributed by atoms with Crippen LogP contribution in [0.4, 0.5) is 5.69 Å². The number of aromatic nitrogens is 1. The van der Waals surface area contributed by atoms with Crippen LogP contribution in [-0.4, -0.2) is 4.57 Å². The summed E-state index contributed by atoms with van der Waals surface area (Å²) >= 11 is 7.67. The maximum absolute atomic E-state index is 5.98. The van der Waals surface area contributed by atoms with Crippen LogP contribution >= 0.6 is 39.9 Å². The lowest BCUT2D eigenvalue weighted by molar-refractivity contribution is 0.443. The Morgan fingerprint density at radius 3 is 2.32 bits per heavy atom. The summed E-state index contributed by atoms with van der Waals surface area (Å²) in [6.07, 6.45) is 6.85. The highest BCUT2D eigenvalue weighted by Crippen LogP contribution is 2.33. The molecule has 2 nitrogen and oxygen atoms in total. The van der Waals surface area contributed by atoms with Crippen molar-refractivity contribution < 1.29 is 0 Å². The molecule has 148 valence electrons. The number of halogens is 2. The molecule has 28 heavy (non-hydrogen) atoms. The van der Waals surface area contributed by atoms with Crippen molar-refractivity contribution >= 4 is 45.6 Å². The van der Waals surface area contributed by atoms with Gasteiger partial charge >= 0.3 is 0 Å². The van der Waals surface area contributed by atoms with E-state index < -0.39 is 0 Å². The highest BCUT2D eigenvalue weighted by molar-refractivity contribution is 8.93. The molecule has 0 N–H and O–H groups in total. The van der Waals surface area contributed by atoms with E-state index in [4.69, 9.17) is 16.6 Å². The van der Waals surface area contributed by atoms with Crippen molar-refractivity contribution in [3.63, 3.8) is 0 Å². The van der Waals surface area contributed by atoms with E-state index in [2.05, 4.69) is 41.1 Å². The minimum Gasteiger partial charge on any atom is -0.317 e. The van der Waals surface area contributed by atoms with E-state index in [0.717, 1.165) is 28.0 Å². The average molecular weight is 478 g/mol. The van der Waals surface area contributed by atoms with Crippen molar-refractivity contribution in [3.05, 3.63) is 69.3 Å². The van der Waals surface area contributed by atoms with E-state index in [0.29, 0.717) is 0 Å². The Morgan fingerprint density at radius 1 is 1.00 bits per heavy atom. The van der Waals surface area contributed by atoms with E-state index >= 15 is 0 Å². The molecule has 1 aliphatic rings. The zero-order valence-electron chi connectivity index (χ0n) is 16.1. The molecular formula is C23H26BrClN2S. The normalized spacial score (nSPS) is 15.4. The molecule has 2 aromatic carbocycles. The van der Waals surface area contributed by atoms with Gasteiger partial charge in [0, 0.05) is 16.9 Å². The quantitative estimate of drug-likeness (QED) is 0.365. The monoisotopic (exact) mass is 476 g/mol. The molecule has 1 heterocycles. The lowest BCUT2D eigenvalue weighted by atomic mass is 9.84. The molecule has 0 saturated heterocycles. The number of hydrogen-bond donors (Lipinski definition) is 0. The molecule has 4 rings (SSSR count). The first-order valence-electron chi connectivity index (χ1n) is 9.83. The fourth-order valence-electron chi connectivity index (χ4n) is 3.94. The predicted molar refractivity (Wildman–Crippen MR) is 126 cm³/mol. The van der Waals surface area contributed by atoms with Gasteiger partial charge in [-0.15, -0.1) is 28.3 Å². The number of hydrogen-bond acceptors (Lipinski definition) is 2. The minimum absolute atomic E-state index is 0. The van der Waals surface area contributed by atoms with Crippen molar-refractivity contribution in [2.24, 2.45) is 4.99 Å². The summed E-state index contributed by atoms with van der Waals surface area (Å²) in [5.74, 6) is 0.754. The fourth-order valence-corrected chi connectivity index (χ4v) is 5.06. The smallest absolute Gasteiger partial charge is 0.190 e. The highest BCUT2D eigenvalue weighted by Gasteiger charge is 2.15. The highest BCUT2D eigenvalue weighted by atomic mass is 79.9. The van der Waals surface area contributed by atoms with Gasteiger partial charge in [0.05, 0.1) is 11.4 Å². The van der Waals surface area contributed by atoms with Gasteiger partial charge in [0.25, 0.3) is 0 Å². The number of rotatable bonds is 4. The first kappa shape index (κ1) is 21.4. The molecule has 1 aromatic heterocycles.